The highest BCUT2D eigenvalue weighted by Crippen LogP contribution is 2.21. The number of halogens is 2. The Kier molecular flexibility index (Phi) is 4.02. The predicted molar refractivity (Wildman–Crippen MR) is 69.1 cm³/mol. The summed E-state index contributed by atoms with van der Waals surface area (Å²) in [6.07, 6.45) is 0. The number of aromatic carboxylic acids is 1. The first kappa shape index (κ1) is 13.4. The van der Waals surface area contributed by atoms with Crippen molar-refractivity contribution in [3.8, 4) is 5.75 Å². The topological polar surface area (TPSA) is 46.5 Å². The van der Waals surface area contributed by atoms with Crippen LogP contribution in [0.4, 0.5) is 4.39 Å². The lowest BCUT2D eigenvalue weighted by molar-refractivity contribution is 0.0697. The first-order valence-electron chi connectivity index (χ1n) is 5.46. The number of benzene rings is 2. The van der Waals surface area contributed by atoms with Crippen molar-refractivity contribution in [3.05, 3.63) is 64.4 Å². The zero-order valence-corrected chi connectivity index (χ0v) is 10.5. The average Bonchev–Trinajstić information content (AvgIpc) is 2.40. The van der Waals surface area contributed by atoms with Gasteiger partial charge >= 0.3 is 5.97 Å². The molecule has 1 N–H and O–H groups in total. The molecule has 0 spiro atoms. The van der Waals surface area contributed by atoms with Crippen LogP contribution in [-0.2, 0) is 6.61 Å². The molecule has 0 saturated heterocycles. The summed E-state index contributed by atoms with van der Waals surface area (Å²) in [4.78, 5) is 10.7. The summed E-state index contributed by atoms with van der Waals surface area (Å²) in [6.45, 7) is 0.252. The molecule has 0 atom stereocenters. The van der Waals surface area contributed by atoms with E-state index >= 15 is 0 Å². The summed E-state index contributed by atoms with van der Waals surface area (Å²) in [6, 6.07) is 10.4. The molecule has 5 heteroatoms. The maximum absolute atomic E-state index is 12.9. The Hall–Kier alpha value is -2.07. The quantitative estimate of drug-likeness (QED) is 0.927. The van der Waals surface area contributed by atoms with Gasteiger partial charge in [-0.25, -0.2) is 9.18 Å². The van der Waals surface area contributed by atoms with Crippen LogP contribution in [0.3, 0.4) is 0 Å². The molecule has 98 valence electrons. The van der Waals surface area contributed by atoms with E-state index in [4.69, 9.17) is 21.4 Å². The van der Waals surface area contributed by atoms with E-state index < -0.39 is 11.8 Å². The van der Waals surface area contributed by atoms with Crippen molar-refractivity contribution in [2.45, 2.75) is 6.61 Å². The molecular formula is C14H10ClFO3. The Morgan fingerprint density at radius 1 is 1.21 bits per heavy atom. The molecule has 2 aromatic carbocycles. The van der Waals surface area contributed by atoms with E-state index in [-0.39, 0.29) is 17.2 Å². The van der Waals surface area contributed by atoms with Crippen LogP contribution in [0.15, 0.2) is 42.5 Å². The van der Waals surface area contributed by atoms with Crippen LogP contribution in [0, 0.1) is 5.82 Å². The fraction of sp³-hybridized carbons (Fsp3) is 0.0714. The van der Waals surface area contributed by atoms with Gasteiger partial charge in [0.05, 0.1) is 10.6 Å². The molecule has 0 bridgehead atoms. The molecule has 0 aliphatic carbocycles. The molecule has 3 nitrogen and oxygen atoms in total. The fourth-order valence-electron chi connectivity index (χ4n) is 1.48. The summed E-state index contributed by atoms with van der Waals surface area (Å²) in [5.41, 5.74) is 1.03. The lowest BCUT2D eigenvalue weighted by atomic mass is 10.1. The molecule has 0 aromatic heterocycles. The number of rotatable bonds is 4. The van der Waals surface area contributed by atoms with Gasteiger partial charge in [0.2, 0.25) is 0 Å². The molecular weight excluding hydrogens is 271 g/mol. The minimum atomic E-state index is -0.974. The summed E-state index contributed by atoms with van der Waals surface area (Å²) in [5.74, 6) is -1.02. The molecule has 0 amide bonds. The third-order valence-corrected chi connectivity index (χ3v) is 2.79. The largest absolute Gasteiger partial charge is 0.489 e. The van der Waals surface area contributed by atoms with E-state index in [9.17, 15) is 9.18 Å². The Balaban J connectivity index is 2.01. The number of hydrogen-bond donors (Lipinski definition) is 1. The van der Waals surface area contributed by atoms with E-state index in [1.54, 1.807) is 12.1 Å². The third-order valence-electron chi connectivity index (χ3n) is 2.50. The number of carboxylic acids is 1. The molecule has 2 rings (SSSR count). The maximum Gasteiger partial charge on any atom is 0.335 e. The van der Waals surface area contributed by atoms with Crippen LogP contribution >= 0.6 is 11.6 Å². The van der Waals surface area contributed by atoms with E-state index in [2.05, 4.69) is 0 Å². The second-order valence-corrected chi connectivity index (χ2v) is 4.27. The van der Waals surface area contributed by atoms with Gasteiger partial charge in [-0.15, -0.1) is 0 Å². The summed E-state index contributed by atoms with van der Waals surface area (Å²) < 4.78 is 18.4. The molecule has 0 unspecified atom stereocenters. The number of hydrogen-bond acceptors (Lipinski definition) is 2. The maximum atomic E-state index is 12.9. The van der Waals surface area contributed by atoms with Crippen LogP contribution in [0.2, 0.25) is 5.02 Å². The van der Waals surface area contributed by atoms with E-state index in [1.807, 2.05) is 0 Å². The van der Waals surface area contributed by atoms with Gasteiger partial charge < -0.3 is 9.84 Å². The van der Waals surface area contributed by atoms with Gasteiger partial charge in [0, 0.05) is 6.07 Å². The SMILES string of the molecule is O=C(O)c1ccc(COc2ccc(F)c(Cl)c2)cc1. The Morgan fingerprint density at radius 3 is 2.47 bits per heavy atom. The minimum absolute atomic E-state index is 0.00118. The van der Waals surface area contributed by atoms with Crippen LogP contribution in [0.5, 0.6) is 5.75 Å². The summed E-state index contributed by atoms with van der Waals surface area (Å²) in [5, 5.41) is 8.76. The van der Waals surface area contributed by atoms with Crippen molar-refractivity contribution >= 4 is 17.6 Å². The Morgan fingerprint density at radius 2 is 1.89 bits per heavy atom. The highest BCUT2D eigenvalue weighted by molar-refractivity contribution is 6.30. The molecule has 0 radical (unpaired) electrons. The Bertz CT molecular complexity index is 596. The zero-order valence-electron chi connectivity index (χ0n) is 9.77. The van der Waals surface area contributed by atoms with Crippen molar-refractivity contribution in [3.63, 3.8) is 0 Å². The van der Waals surface area contributed by atoms with Crippen LogP contribution in [-0.4, -0.2) is 11.1 Å². The van der Waals surface area contributed by atoms with Gasteiger partial charge in [0.25, 0.3) is 0 Å². The molecule has 19 heavy (non-hydrogen) atoms. The Labute approximate surface area is 114 Å². The van der Waals surface area contributed by atoms with Crippen LogP contribution < -0.4 is 4.74 Å². The summed E-state index contributed by atoms with van der Waals surface area (Å²) >= 11 is 5.63. The highest BCUT2D eigenvalue weighted by Gasteiger charge is 2.04. The summed E-state index contributed by atoms with van der Waals surface area (Å²) in [7, 11) is 0. The van der Waals surface area contributed by atoms with Crippen molar-refractivity contribution in [1.82, 2.24) is 0 Å². The molecule has 2 aromatic rings. The second kappa shape index (κ2) is 5.71. The molecule has 0 fully saturated rings. The lowest BCUT2D eigenvalue weighted by Gasteiger charge is -2.07. The molecule has 0 saturated carbocycles. The fourth-order valence-corrected chi connectivity index (χ4v) is 1.65. The van der Waals surface area contributed by atoms with Crippen LogP contribution in [0.1, 0.15) is 15.9 Å². The second-order valence-electron chi connectivity index (χ2n) is 3.87. The van der Waals surface area contributed by atoms with Gasteiger partial charge in [-0.1, -0.05) is 23.7 Å². The van der Waals surface area contributed by atoms with Gasteiger partial charge in [0.15, 0.2) is 0 Å². The average molecular weight is 281 g/mol. The van der Waals surface area contributed by atoms with E-state index in [0.717, 1.165) is 5.56 Å². The number of carbonyl (C=O) groups is 1. The molecule has 0 aliphatic rings. The number of carboxylic acid groups (broad SMARTS) is 1. The highest BCUT2D eigenvalue weighted by atomic mass is 35.5. The zero-order chi connectivity index (χ0) is 13.8. The first-order valence-corrected chi connectivity index (χ1v) is 5.84. The monoisotopic (exact) mass is 280 g/mol. The van der Waals surface area contributed by atoms with Gasteiger partial charge in [-0.3, -0.25) is 0 Å². The third kappa shape index (κ3) is 3.45. The van der Waals surface area contributed by atoms with Crippen molar-refractivity contribution in [1.29, 1.82) is 0 Å². The normalized spacial score (nSPS) is 10.2. The van der Waals surface area contributed by atoms with Gasteiger partial charge in [0.1, 0.15) is 18.2 Å². The predicted octanol–water partition coefficient (Wildman–Crippen LogP) is 3.76. The standard InChI is InChI=1S/C14H10ClFO3/c15-12-7-11(5-6-13(12)16)19-8-9-1-3-10(4-2-9)14(17)18/h1-7H,8H2,(H,17,18). The van der Waals surface area contributed by atoms with Gasteiger partial charge in [-0.2, -0.15) is 0 Å². The van der Waals surface area contributed by atoms with E-state index in [1.165, 1.54) is 30.3 Å². The van der Waals surface area contributed by atoms with Gasteiger partial charge in [-0.05, 0) is 29.8 Å². The van der Waals surface area contributed by atoms with Crippen molar-refractivity contribution < 1.29 is 19.0 Å². The van der Waals surface area contributed by atoms with E-state index in [0.29, 0.717) is 5.75 Å². The molecule has 0 aliphatic heterocycles. The first-order chi connectivity index (χ1) is 9.06. The lowest BCUT2D eigenvalue weighted by Crippen LogP contribution is -1.99. The molecule has 0 heterocycles. The van der Waals surface area contributed by atoms with Crippen LogP contribution in [0.25, 0.3) is 0 Å². The minimum Gasteiger partial charge on any atom is -0.489 e. The van der Waals surface area contributed by atoms with Crippen molar-refractivity contribution in [2.75, 3.05) is 0 Å². The van der Waals surface area contributed by atoms with Crippen molar-refractivity contribution in [2.24, 2.45) is 0 Å². The smallest absolute Gasteiger partial charge is 0.335 e. The number of ether oxygens (including phenoxy) is 1.